The summed E-state index contributed by atoms with van der Waals surface area (Å²) in [6.07, 6.45) is 0.744. The molecule has 16 heavy (non-hydrogen) atoms. The Hall–Kier alpha value is -2.04. The summed E-state index contributed by atoms with van der Waals surface area (Å²) >= 11 is 0. The number of hydrogen-bond donors (Lipinski definition) is 1. The molecule has 0 unspecified atom stereocenters. The topological polar surface area (TPSA) is 78.3 Å². The number of fused-ring (bicyclic) bond motifs is 1. The van der Waals surface area contributed by atoms with Crippen molar-refractivity contribution in [1.82, 2.24) is 5.16 Å². The van der Waals surface area contributed by atoms with Crippen LogP contribution in [0.5, 0.6) is 5.75 Å². The molecule has 0 fully saturated rings. The Balaban J connectivity index is 2.34. The first kappa shape index (κ1) is 10.5. The van der Waals surface area contributed by atoms with Crippen molar-refractivity contribution in [3.05, 3.63) is 23.9 Å². The normalized spacial score (nSPS) is 10.6. The molecule has 2 N–H and O–H groups in total. The SMILES string of the molecule is COc1ccc2onc(CCC(N)=O)c2c1. The third kappa shape index (κ3) is 1.98. The van der Waals surface area contributed by atoms with Crippen LogP contribution in [-0.2, 0) is 11.2 Å². The van der Waals surface area contributed by atoms with E-state index in [4.69, 9.17) is 15.0 Å². The zero-order chi connectivity index (χ0) is 11.5. The molecule has 2 aromatic rings. The van der Waals surface area contributed by atoms with E-state index in [9.17, 15) is 4.79 Å². The van der Waals surface area contributed by atoms with Crippen molar-refractivity contribution < 1.29 is 14.1 Å². The largest absolute Gasteiger partial charge is 0.497 e. The quantitative estimate of drug-likeness (QED) is 0.841. The lowest BCUT2D eigenvalue weighted by Crippen LogP contribution is -2.11. The van der Waals surface area contributed by atoms with Gasteiger partial charge < -0.3 is 15.0 Å². The number of benzene rings is 1. The Labute approximate surface area is 92.2 Å². The lowest BCUT2D eigenvalue weighted by molar-refractivity contribution is -0.118. The molecular formula is C11H12N2O3. The molecular weight excluding hydrogens is 208 g/mol. The summed E-state index contributed by atoms with van der Waals surface area (Å²) < 4.78 is 10.2. The zero-order valence-corrected chi connectivity index (χ0v) is 8.90. The molecule has 0 radical (unpaired) electrons. The first-order chi connectivity index (χ1) is 7.70. The predicted octanol–water partition coefficient (Wildman–Crippen LogP) is 1.25. The Morgan fingerprint density at radius 1 is 1.56 bits per heavy atom. The van der Waals surface area contributed by atoms with Gasteiger partial charge in [-0.1, -0.05) is 5.16 Å². The van der Waals surface area contributed by atoms with Gasteiger partial charge in [0.25, 0.3) is 0 Å². The van der Waals surface area contributed by atoms with Crippen LogP contribution in [0.1, 0.15) is 12.1 Å². The molecule has 1 aromatic heterocycles. The van der Waals surface area contributed by atoms with E-state index in [1.165, 1.54) is 0 Å². The first-order valence-electron chi connectivity index (χ1n) is 4.91. The molecule has 2 rings (SSSR count). The number of nitrogens with zero attached hydrogens (tertiary/aromatic N) is 1. The van der Waals surface area contributed by atoms with E-state index < -0.39 is 0 Å². The molecule has 0 spiro atoms. The van der Waals surface area contributed by atoms with Crippen LogP contribution < -0.4 is 10.5 Å². The number of methoxy groups -OCH3 is 1. The van der Waals surface area contributed by atoms with Gasteiger partial charge in [-0.05, 0) is 18.2 Å². The number of hydrogen-bond acceptors (Lipinski definition) is 4. The molecule has 0 atom stereocenters. The maximum absolute atomic E-state index is 10.7. The van der Waals surface area contributed by atoms with Crippen LogP contribution in [0.15, 0.2) is 22.7 Å². The Bertz CT molecular complexity index is 519. The molecule has 1 amide bonds. The lowest BCUT2D eigenvalue weighted by atomic mass is 10.1. The van der Waals surface area contributed by atoms with Crippen molar-refractivity contribution in [3.8, 4) is 5.75 Å². The van der Waals surface area contributed by atoms with Gasteiger partial charge in [0.15, 0.2) is 5.58 Å². The van der Waals surface area contributed by atoms with Gasteiger partial charge in [0.1, 0.15) is 5.75 Å². The molecule has 0 bridgehead atoms. The van der Waals surface area contributed by atoms with Crippen LogP contribution in [0.2, 0.25) is 0 Å². The molecule has 5 nitrogen and oxygen atoms in total. The third-order valence-electron chi connectivity index (χ3n) is 2.36. The van der Waals surface area contributed by atoms with Gasteiger partial charge in [-0.15, -0.1) is 0 Å². The highest BCUT2D eigenvalue weighted by molar-refractivity contribution is 5.82. The summed E-state index contributed by atoms with van der Waals surface area (Å²) in [4.78, 5) is 10.7. The van der Waals surface area contributed by atoms with Gasteiger partial charge in [-0.2, -0.15) is 0 Å². The molecule has 84 valence electrons. The number of amides is 1. The standard InChI is InChI=1S/C11H12N2O3/c1-15-7-2-4-10-8(6-7)9(13-16-10)3-5-11(12)14/h2,4,6H,3,5H2,1H3,(H2,12,14). The van der Waals surface area contributed by atoms with Crippen LogP contribution in [0.4, 0.5) is 0 Å². The van der Waals surface area contributed by atoms with Crippen LogP contribution >= 0.6 is 0 Å². The Morgan fingerprint density at radius 3 is 3.06 bits per heavy atom. The van der Waals surface area contributed by atoms with Crippen LogP contribution in [0, 0.1) is 0 Å². The maximum atomic E-state index is 10.7. The van der Waals surface area contributed by atoms with E-state index in [0.717, 1.165) is 16.8 Å². The second-order valence-corrected chi connectivity index (χ2v) is 3.46. The number of aryl methyl sites for hydroxylation is 1. The second kappa shape index (κ2) is 4.22. The number of nitrogens with two attached hydrogens (primary N) is 1. The van der Waals surface area contributed by atoms with Crippen molar-refractivity contribution in [2.75, 3.05) is 7.11 Å². The number of carbonyl (C=O) groups is 1. The number of carbonyl (C=O) groups excluding carboxylic acids is 1. The molecule has 1 aromatic carbocycles. The number of aromatic nitrogens is 1. The minimum absolute atomic E-state index is 0.263. The summed E-state index contributed by atoms with van der Waals surface area (Å²) in [5, 5.41) is 4.77. The van der Waals surface area contributed by atoms with E-state index in [1.54, 1.807) is 19.2 Å². The van der Waals surface area contributed by atoms with Gasteiger partial charge >= 0.3 is 0 Å². The predicted molar refractivity (Wildman–Crippen MR) is 58.1 cm³/mol. The third-order valence-corrected chi connectivity index (χ3v) is 2.36. The molecule has 0 aliphatic carbocycles. The second-order valence-electron chi connectivity index (χ2n) is 3.46. The highest BCUT2D eigenvalue weighted by Gasteiger charge is 2.09. The van der Waals surface area contributed by atoms with Gasteiger partial charge in [0.2, 0.25) is 5.91 Å². The Morgan fingerprint density at radius 2 is 2.38 bits per heavy atom. The summed E-state index contributed by atoms with van der Waals surface area (Å²) in [5.74, 6) is 0.384. The summed E-state index contributed by atoms with van der Waals surface area (Å²) in [6, 6.07) is 5.42. The zero-order valence-electron chi connectivity index (χ0n) is 8.90. The molecule has 0 aliphatic heterocycles. The maximum Gasteiger partial charge on any atom is 0.217 e. The summed E-state index contributed by atoms with van der Waals surface area (Å²) in [5.41, 5.74) is 6.50. The molecule has 0 saturated heterocycles. The molecule has 0 saturated carbocycles. The van der Waals surface area contributed by atoms with E-state index in [0.29, 0.717) is 12.0 Å². The van der Waals surface area contributed by atoms with Gasteiger partial charge in [0.05, 0.1) is 12.8 Å². The van der Waals surface area contributed by atoms with Crippen molar-refractivity contribution >= 4 is 16.9 Å². The van der Waals surface area contributed by atoms with E-state index in [1.807, 2.05) is 6.07 Å². The van der Waals surface area contributed by atoms with Gasteiger partial charge in [-0.3, -0.25) is 4.79 Å². The van der Waals surface area contributed by atoms with Crippen LogP contribution in [-0.4, -0.2) is 18.2 Å². The van der Waals surface area contributed by atoms with E-state index in [-0.39, 0.29) is 12.3 Å². The fourth-order valence-corrected chi connectivity index (χ4v) is 1.52. The minimum atomic E-state index is -0.348. The van der Waals surface area contributed by atoms with Crippen molar-refractivity contribution in [3.63, 3.8) is 0 Å². The molecule has 0 aliphatic rings. The minimum Gasteiger partial charge on any atom is -0.497 e. The van der Waals surface area contributed by atoms with Crippen molar-refractivity contribution in [1.29, 1.82) is 0 Å². The summed E-state index contributed by atoms with van der Waals surface area (Å²) in [7, 11) is 1.60. The average Bonchev–Trinajstić information content (AvgIpc) is 2.68. The van der Waals surface area contributed by atoms with Gasteiger partial charge in [-0.25, -0.2) is 0 Å². The first-order valence-corrected chi connectivity index (χ1v) is 4.91. The molecule has 1 heterocycles. The smallest absolute Gasteiger partial charge is 0.217 e. The highest BCUT2D eigenvalue weighted by Crippen LogP contribution is 2.24. The van der Waals surface area contributed by atoms with Crippen molar-refractivity contribution in [2.24, 2.45) is 5.73 Å². The molecule has 5 heteroatoms. The van der Waals surface area contributed by atoms with Crippen LogP contribution in [0.25, 0.3) is 11.0 Å². The van der Waals surface area contributed by atoms with E-state index >= 15 is 0 Å². The monoisotopic (exact) mass is 220 g/mol. The number of primary amides is 1. The highest BCUT2D eigenvalue weighted by atomic mass is 16.5. The van der Waals surface area contributed by atoms with Crippen molar-refractivity contribution in [2.45, 2.75) is 12.8 Å². The summed E-state index contributed by atoms with van der Waals surface area (Å²) in [6.45, 7) is 0. The fourth-order valence-electron chi connectivity index (χ4n) is 1.52. The lowest BCUT2D eigenvalue weighted by Gasteiger charge is -1.98. The number of ether oxygens (including phenoxy) is 1. The van der Waals surface area contributed by atoms with E-state index in [2.05, 4.69) is 5.16 Å². The van der Waals surface area contributed by atoms with Gasteiger partial charge in [0, 0.05) is 18.2 Å². The number of rotatable bonds is 4. The fraction of sp³-hybridized carbons (Fsp3) is 0.273. The average molecular weight is 220 g/mol. The Kier molecular flexibility index (Phi) is 2.76. The van der Waals surface area contributed by atoms with Crippen LogP contribution in [0.3, 0.4) is 0 Å².